The number of nitrogens with one attached hydrogen (secondary N) is 1. The maximum Gasteiger partial charge on any atom is 0.365 e. The van der Waals surface area contributed by atoms with Crippen molar-refractivity contribution < 1.29 is 14.4 Å². The molecule has 0 fully saturated rings. The maximum atomic E-state index is 12.5. The Hall–Kier alpha value is -2.31. The molecule has 2 atom stereocenters. The van der Waals surface area contributed by atoms with Crippen LogP contribution in [0.4, 0.5) is 0 Å². The molecule has 0 aliphatic carbocycles. The zero-order valence-electron chi connectivity index (χ0n) is 14.9. The highest BCUT2D eigenvalue weighted by atomic mass is 32.2. The number of carbonyl (C=O) groups is 1. The van der Waals surface area contributed by atoms with Crippen LogP contribution in [0.5, 0.6) is 0 Å². The molecule has 0 saturated carbocycles. The van der Waals surface area contributed by atoms with Crippen LogP contribution in [0.2, 0.25) is 0 Å². The van der Waals surface area contributed by atoms with E-state index in [0.717, 1.165) is 22.7 Å². The fourth-order valence-electron chi connectivity index (χ4n) is 3.78. The molecular formula is C20H22N3O2S+. The van der Waals surface area contributed by atoms with Crippen LogP contribution < -0.4 is 4.90 Å². The predicted octanol–water partition coefficient (Wildman–Crippen LogP) is 1.90. The van der Waals surface area contributed by atoms with Gasteiger partial charge in [-0.25, -0.2) is 9.78 Å². The van der Waals surface area contributed by atoms with E-state index in [1.807, 2.05) is 30.5 Å². The number of hydrogen-bond donors (Lipinski definition) is 1. The van der Waals surface area contributed by atoms with Gasteiger partial charge < -0.3 is 9.64 Å². The molecule has 1 aliphatic rings. The largest absolute Gasteiger partial charge is 0.465 e. The van der Waals surface area contributed by atoms with Gasteiger partial charge in [-0.05, 0) is 24.0 Å². The highest BCUT2D eigenvalue weighted by Gasteiger charge is 2.36. The number of nitrogens with zero attached hydrogens (tertiary/aromatic N) is 2. The molecule has 0 saturated heterocycles. The Balaban J connectivity index is 1.73. The number of carbonyl (C=O) groups excluding carboxylic acids is 1. The molecule has 1 aromatic heterocycles. The summed E-state index contributed by atoms with van der Waals surface area (Å²) in [6, 6.07) is 16.3. The third kappa shape index (κ3) is 2.99. The van der Waals surface area contributed by atoms with Gasteiger partial charge in [0, 0.05) is 12.0 Å². The fourth-order valence-corrected chi connectivity index (χ4v) is 4.36. The number of quaternary nitrogens is 1. The number of methoxy groups -OCH3 is 1. The minimum absolute atomic E-state index is 0.148. The molecule has 26 heavy (non-hydrogen) atoms. The van der Waals surface area contributed by atoms with Crippen LogP contribution >= 0.6 is 11.8 Å². The average molecular weight is 368 g/mol. The van der Waals surface area contributed by atoms with Crippen LogP contribution in [-0.2, 0) is 29.2 Å². The first-order valence-electron chi connectivity index (χ1n) is 8.69. The molecule has 0 radical (unpaired) electrons. The van der Waals surface area contributed by atoms with Crippen LogP contribution in [0.1, 0.15) is 11.1 Å². The summed E-state index contributed by atoms with van der Waals surface area (Å²) in [5, 5.41) is 0.973. The standard InChI is InChI=1S/C20H21N3O2S/c1-25-19(24)18-11-14-7-3-4-8-15(14)12-22(18)13-23-17-10-6-5-9-16(17)21-20(23)26-2/h3-10,18H,11-13H2,1-2H3/p+1/t18-/m0/s1. The van der Waals surface area contributed by atoms with E-state index in [9.17, 15) is 4.79 Å². The first kappa shape index (κ1) is 17.1. The van der Waals surface area contributed by atoms with Crippen molar-refractivity contribution in [2.24, 2.45) is 0 Å². The van der Waals surface area contributed by atoms with Gasteiger partial charge in [0.15, 0.2) is 17.9 Å². The fraction of sp³-hybridized carbons (Fsp3) is 0.300. The number of imidazole rings is 1. The number of para-hydroxylation sites is 2. The summed E-state index contributed by atoms with van der Waals surface area (Å²) < 4.78 is 7.33. The number of esters is 1. The Bertz CT molecular complexity index is 953. The van der Waals surface area contributed by atoms with E-state index in [2.05, 4.69) is 28.8 Å². The summed E-state index contributed by atoms with van der Waals surface area (Å²) in [6.07, 6.45) is 2.75. The average Bonchev–Trinajstić information content (AvgIpc) is 3.04. The molecule has 6 heteroatoms. The van der Waals surface area contributed by atoms with Gasteiger partial charge in [0.1, 0.15) is 6.54 Å². The second-order valence-electron chi connectivity index (χ2n) is 6.56. The minimum Gasteiger partial charge on any atom is -0.465 e. The monoisotopic (exact) mass is 368 g/mol. The summed E-state index contributed by atoms with van der Waals surface area (Å²) in [4.78, 5) is 18.4. The van der Waals surface area contributed by atoms with E-state index < -0.39 is 0 Å². The molecule has 2 heterocycles. The third-order valence-electron chi connectivity index (χ3n) is 5.10. The lowest BCUT2D eigenvalue weighted by Crippen LogP contribution is -3.16. The van der Waals surface area contributed by atoms with Crippen molar-refractivity contribution in [3.63, 3.8) is 0 Å². The highest BCUT2D eigenvalue weighted by molar-refractivity contribution is 7.98. The van der Waals surface area contributed by atoms with Gasteiger partial charge in [-0.15, -0.1) is 0 Å². The Morgan fingerprint density at radius 2 is 1.96 bits per heavy atom. The second-order valence-corrected chi connectivity index (χ2v) is 7.33. The van der Waals surface area contributed by atoms with E-state index >= 15 is 0 Å². The Labute approximate surface area is 157 Å². The Morgan fingerprint density at radius 3 is 2.73 bits per heavy atom. The van der Waals surface area contributed by atoms with Crippen molar-refractivity contribution in [2.75, 3.05) is 13.4 Å². The van der Waals surface area contributed by atoms with Gasteiger partial charge >= 0.3 is 5.97 Å². The van der Waals surface area contributed by atoms with Crippen molar-refractivity contribution in [1.29, 1.82) is 0 Å². The van der Waals surface area contributed by atoms with Gasteiger partial charge in [0.05, 0.1) is 18.1 Å². The number of thioether (sulfide) groups is 1. The van der Waals surface area contributed by atoms with E-state index in [4.69, 9.17) is 9.72 Å². The molecule has 2 aromatic carbocycles. The minimum atomic E-state index is -0.203. The van der Waals surface area contributed by atoms with E-state index in [-0.39, 0.29) is 12.0 Å². The summed E-state index contributed by atoms with van der Waals surface area (Å²) in [5.74, 6) is -0.148. The molecule has 0 amide bonds. The zero-order chi connectivity index (χ0) is 18.1. The van der Waals surface area contributed by atoms with Gasteiger partial charge in [-0.3, -0.25) is 4.57 Å². The van der Waals surface area contributed by atoms with Crippen LogP contribution in [0.15, 0.2) is 53.7 Å². The summed E-state index contributed by atoms with van der Waals surface area (Å²) >= 11 is 1.63. The number of ether oxygens (including phenoxy) is 1. The highest BCUT2D eigenvalue weighted by Crippen LogP contribution is 2.22. The molecule has 3 aromatic rings. The van der Waals surface area contributed by atoms with Crippen molar-refractivity contribution in [3.8, 4) is 0 Å². The summed E-state index contributed by atoms with van der Waals surface area (Å²) in [6.45, 7) is 1.49. The van der Waals surface area contributed by atoms with E-state index in [0.29, 0.717) is 13.1 Å². The molecule has 0 bridgehead atoms. The van der Waals surface area contributed by atoms with Crippen LogP contribution in [-0.4, -0.2) is 34.9 Å². The third-order valence-corrected chi connectivity index (χ3v) is 5.78. The van der Waals surface area contributed by atoms with E-state index in [1.165, 1.54) is 23.1 Å². The molecule has 0 spiro atoms. The zero-order valence-corrected chi connectivity index (χ0v) is 15.8. The smallest absolute Gasteiger partial charge is 0.365 e. The van der Waals surface area contributed by atoms with E-state index in [1.54, 1.807) is 11.8 Å². The first-order valence-corrected chi connectivity index (χ1v) is 9.92. The topological polar surface area (TPSA) is 48.6 Å². The molecule has 134 valence electrons. The lowest BCUT2D eigenvalue weighted by Gasteiger charge is -2.32. The second kappa shape index (κ2) is 7.13. The quantitative estimate of drug-likeness (QED) is 0.564. The first-order chi connectivity index (χ1) is 12.7. The lowest BCUT2D eigenvalue weighted by molar-refractivity contribution is -0.954. The number of hydrogen-bond acceptors (Lipinski definition) is 4. The number of benzene rings is 2. The van der Waals surface area contributed by atoms with Crippen LogP contribution in [0.3, 0.4) is 0 Å². The van der Waals surface area contributed by atoms with Gasteiger partial charge in [-0.1, -0.05) is 48.2 Å². The molecule has 1 N–H and O–H groups in total. The molecule has 4 rings (SSSR count). The lowest BCUT2D eigenvalue weighted by atomic mass is 9.94. The molecule has 1 aliphatic heterocycles. The maximum absolute atomic E-state index is 12.5. The molecular weight excluding hydrogens is 346 g/mol. The number of rotatable bonds is 4. The van der Waals surface area contributed by atoms with Gasteiger partial charge in [0.25, 0.3) is 0 Å². The number of fused-ring (bicyclic) bond motifs is 2. The molecule has 1 unspecified atom stereocenters. The van der Waals surface area contributed by atoms with Crippen LogP contribution in [0, 0.1) is 0 Å². The van der Waals surface area contributed by atoms with Gasteiger partial charge in [-0.2, -0.15) is 0 Å². The number of aromatic nitrogens is 2. The summed E-state index contributed by atoms with van der Waals surface area (Å²) in [7, 11) is 1.47. The summed E-state index contributed by atoms with van der Waals surface area (Å²) in [5.41, 5.74) is 4.64. The Kier molecular flexibility index (Phi) is 4.70. The van der Waals surface area contributed by atoms with Gasteiger partial charge in [0.2, 0.25) is 0 Å². The predicted molar refractivity (Wildman–Crippen MR) is 102 cm³/mol. The molecule has 5 nitrogen and oxygen atoms in total. The van der Waals surface area contributed by atoms with Crippen molar-refractivity contribution in [1.82, 2.24) is 9.55 Å². The van der Waals surface area contributed by atoms with Crippen molar-refractivity contribution >= 4 is 28.8 Å². The normalized spacial score (nSPS) is 19.3. The van der Waals surface area contributed by atoms with Crippen LogP contribution in [0.25, 0.3) is 11.0 Å². The Morgan fingerprint density at radius 1 is 1.23 bits per heavy atom. The SMILES string of the molecule is COC(=O)[C@@H]1Cc2ccccc2C[NH+]1Cn1c(SC)nc2ccccc21. The van der Waals surface area contributed by atoms with Crippen molar-refractivity contribution in [2.45, 2.75) is 30.8 Å². The van der Waals surface area contributed by atoms with Crippen molar-refractivity contribution in [3.05, 3.63) is 59.7 Å².